The second-order valence-electron chi connectivity index (χ2n) is 6.52. The van der Waals surface area contributed by atoms with Gasteiger partial charge in [-0.2, -0.15) is 0 Å². The van der Waals surface area contributed by atoms with Crippen LogP contribution in [0.2, 0.25) is 0 Å². The van der Waals surface area contributed by atoms with Crippen molar-refractivity contribution in [2.45, 2.75) is 20.3 Å². The summed E-state index contributed by atoms with van der Waals surface area (Å²) in [5.74, 6) is 1.60. The average Bonchev–Trinajstić information content (AvgIpc) is 2.71. The molecule has 0 radical (unpaired) electrons. The third kappa shape index (κ3) is 7.92. The SMILES string of the molecule is CN=C(NCCOc1c(C)cccc1C)NCCc1cccc(C(=O)NC)c1.I. The van der Waals surface area contributed by atoms with E-state index in [1.165, 1.54) is 0 Å². The van der Waals surface area contributed by atoms with Gasteiger partial charge in [-0.05, 0) is 49.1 Å². The minimum absolute atomic E-state index is 0. The van der Waals surface area contributed by atoms with Crippen molar-refractivity contribution in [2.24, 2.45) is 4.99 Å². The van der Waals surface area contributed by atoms with E-state index >= 15 is 0 Å². The van der Waals surface area contributed by atoms with Gasteiger partial charge < -0.3 is 20.7 Å². The van der Waals surface area contributed by atoms with Crippen molar-refractivity contribution in [3.8, 4) is 5.75 Å². The van der Waals surface area contributed by atoms with Crippen molar-refractivity contribution < 1.29 is 9.53 Å². The Kier molecular flexibility index (Phi) is 11.1. The molecule has 0 heterocycles. The van der Waals surface area contributed by atoms with Crippen molar-refractivity contribution in [3.05, 3.63) is 64.7 Å². The number of benzene rings is 2. The molecule has 0 aliphatic heterocycles. The van der Waals surface area contributed by atoms with Crippen molar-refractivity contribution >= 4 is 35.8 Å². The lowest BCUT2D eigenvalue weighted by Gasteiger charge is -2.14. The summed E-state index contributed by atoms with van der Waals surface area (Å²) < 4.78 is 5.90. The van der Waals surface area contributed by atoms with Crippen LogP contribution >= 0.6 is 24.0 Å². The third-order valence-electron chi connectivity index (χ3n) is 4.40. The summed E-state index contributed by atoms with van der Waals surface area (Å²) in [4.78, 5) is 16.0. The van der Waals surface area contributed by atoms with Crippen molar-refractivity contribution in [1.29, 1.82) is 0 Å². The average molecular weight is 510 g/mol. The number of ether oxygens (including phenoxy) is 1. The monoisotopic (exact) mass is 510 g/mol. The lowest BCUT2D eigenvalue weighted by Crippen LogP contribution is -2.40. The van der Waals surface area contributed by atoms with Crippen LogP contribution < -0.4 is 20.7 Å². The van der Waals surface area contributed by atoms with Gasteiger partial charge in [-0.15, -0.1) is 24.0 Å². The first-order chi connectivity index (χ1) is 13.5. The fraction of sp³-hybridized carbons (Fsp3) is 0.364. The topological polar surface area (TPSA) is 74.8 Å². The Bertz CT molecular complexity index is 804. The molecule has 1 amide bonds. The van der Waals surface area contributed by atoms with Crippen LogP contribution in [0.5, 0.6) is 5.75 Å². The molecule has 0 fully saturated rings. The Morgan fingerprint density at radius 2 is 1.69 bits per heavy atom. The summed E-state index contributed by atoms with van der Waals surface area (Å²) in [6, 6.07) is 13.8. The van der Waals surface area contributed by atoms with Crippen LogP contribution in [0.3, 0.4) is 0 Å². The molecule has 7 heteroatoms. The number of carbonyl (C=O) groups excluding carboxylic acids is 1. The first-order valence-electron chi connectivity index (χ1n) is 9.49. The highest BCUT2D eigenvalue weighted by Crippen LogP contribution is 2.21. The first-order valence-corrected chi connectivity index (χ1v) is 9.49. The largest absolute Gasteiger partial charge is 0.491 e. The van der Waals surface area contributed by atoms with E-state index in [1.54, 1.807) is 14.1 Å². The number of hydrogen-bond donors (Lipinski definition) is 3. The summed E-state index contributed by atoms with van der Waals surface area (Å²) >= 11 is 0. The number of aliphatic imine (C=N–C) groups is 1. The van der Waals surface area contributed by atoms with Crippen LogP contribution in [0, 0.1) is 13.8 Å². The summed E-state index contributed by atoms with van der Waals surface area (Å²) in [7, 11) is 3.38. The van der Waals surface area contributed by atoms with Crippen LogP contribution in [-0.2, 0) is 6.42 Å². The minimum atomic E-state index is -0.0730. The van der Waals surface area contributed by atoms with E-state index in [-0.39, 0.29) is 29.9 Å². The number of aryl methyl sites for hydroxylation is 2. The zero-order valence-corrected chi connectivity index (χ0v) is 19.9. The molecule has 2 rings (SSSR count). The smallest absolute Gasteiger partial charge is 0.251 e. The van der Waals surface area contributed by atoms with Gasteiger partial charge in [0.2, 0.25) is 0 Å². The van der Waals surface area contributed by atoms with Crippen molar-refractivity contribution in [3.63, 3.8) is 0 Å². The predicted molar refractivity (Wildman–Crippen MR) is 130 cm³/mol. The second-order valence-corrected chi connectivity index (χ2v) is 6.52. The molecule has 158 valence electrons. The van der Waals surface area contributed by atoms with Gasteiger partial charge in [0, 0.05) is 26.2 Å². The molecule has 0 aliphatic rings. The van der Waals surface area contributed by atoms with E-state index in [0.717, 1.165) is 34.8 Å². The van der Waals surface area contributed by atoms with E-state index in [4.69, 9.17) is 4.74 Å². The molecule has 3 N–H and O–H groups in total. The highest BCUT2D eigenvalue weighted by atomic mass is 127. The Morgan fingerprint density at radius 1 is 1.03 bits per heavy atom. The van der Waals surface area contributed by atoms with Gasteiger partial charge in [0.15, 0.2) is 5.96 Å². The number of halogens is 1. The van der Waals surface area contributed by atoms with Crippen LogP contribution in [0.25, 0.3) is 0 Å². The van der Waals surface area contributed by atoms with Gasteiger partial charge in [-0.25, -0.2) is 0 Å². The fourth-order valence-electron chi connectivity index (χ4n) is 2.91. The van der Waals surface area contributed by atoms with Gasteiger partial charge >= 0.3 is 0 Å². The molecule has 6 nitrogen and oxygen atoms in total. The van der Waals surface area contributed by atoms with Gasteiger partial charge in [-0.3, -0.25) is 9.79 Å². The zero-order chi connectivity index (χ0) is 20.4. The maximum Gasteiger partial charge on any atom is 0.251 e. The Balaban J connectivity index is 0.00000420. The maximum absolute atomic E-state index is 11.7. The van der Waals surface area contributed by atoms with Crippen molar-refractivity contribution in [2.75, 3.05) is 33.8 Å². The number of nitrogens with zero attached hydrogens (tertiary/aromatic N) is 1. The molecule has 0 bridgehead atoms. The lowest BCUT2D eigenvalue weighted by atomic mass is 10.1. The molecule has 0 aromatic heterocycles. The van der Waals surface area contributed by atoms with Gasteiger partial charge in [0.1, 0.15) is 12.4 Å². The van der Waals surface area contributed by atoms with Crippen LogP contribution in [-0.4, -0.2) is 45.7 Å². The van der Waals surface area contributed by atoms with E-state index in [1.807, 2.05) is 30.3 Å². The number of carbonyl (C=O) groups is 1. The second kappa shape index (κ2) is 13.0. The summed E-state index contributed by atoms with van der Waals surface area (Å²) in [5, 5.41) is 9.18. The summed E-state index contributed by atoms with van der Waals surface area (Å²) in [6.07, 6.45) is 0.796. The quantitative estimate of drug-likeness (QED) is 0.221. The van der Waals surface area contributed by atoms with Crippen molar-refractivity contribution in [1.82, 2.24) is 16.0 Å². The third-order valence-corrected chi connectivity index (χ3v) is 4.40. The molecule has 29 heavy (non-hydrogen) atoms. The molecular weight excluding hydrogens is 479 g/mol. The highest BCUT2D eigenvalue weighted by Gasteiger charge is 2.05. The molecule has 2 aromatic carbocycles. The highest BCUT2D eigenvalue weighted by molar-refractivity contribution is 14.0. The van der Waals surface area contributed by atoms with E-state index < -0.39 is 0 Å². The van der Waals surface area contributed by atoms with Gasteiger partial charge in [0.25, 0.3) is 5.91 Å². The summed E-state index contributed by atoms with van der Waals surface area (Å²) in [5.41, 5.74) is 4.05. The predicted octanol–water partition coefficient (Wildman–Crippen LogP) is 3.07. The molecular formula is C22H31IN4O2. The molecule has 0 saturated carbocycles. The number of para-hydroxylation sites is 1. The Morgan fingerprint density at radius 3 is 2.34 bits per heavy atom. The lowest BCUT2D eigenvalue weighted by molar-refractivity contribution is 0.0963. The first kappa shape index (κ1) is 24.7. The van der Waals surface area contributed by atoms with Gasteiger partial charge in [0.05, 0.1) is 6.54 Å². The number of nitrogens with one attached hydrogen (secondary N) is 3. The minimum Gasteiger partial charge on any atom is -0.491 e. The summed E-state index contributed by atoms with van der Waals surface area (Å²) in [6.45, 7) is 6.03. The number of amides is 1. The van der Waals surface area contributed by atoms with Gasteiger partial charge in [-0.1, -0.05) is 30.3 Å². The van der Waals surface area contributed by atoms with E-state index in [0.29, 0.717) is 25.3 Å². The molecule has 0 spiro atoms. The van der Waals surface area contributed by atoms with Crippen LogP contribution in [0.4, 0.5) is 0 Å². The molecule has 0 unspecified atom stereocenters. The zero-order valence-electron chi connectivity index (χ0n) is 17.5. The molecule has 0 atom stereocenters. The fourth-order valence-corrected chi connectivity index (χ4v) is 2.91. The standard InChI is InChI=1S/C22H30N4O2.HI/c1-16-7-5-8-17(2)20(16)28-14-13-26-22(24-4)25-12-11-18-9-6-10-19(15-18)21(27)23-3;/h5-10,15H,11-14H2,1-4H3,(H,23,27)(H2,24,25,26);1H. The normalized spacial score (nSPS) is 10.7. The number of hydrogen-bond acceptors (Lipinski definition) is 3. The Hall–Kier alpha value is -2.29. The molecule has 0 saturated heterocycles. The molecule has 2 aromatic rings. The van der Waals surface area contributed by atoms with E-state index in [2.05, 4.69) is 46.9 Å². The Labute approximate surface area is 190 Å². The number of guanidine groups is 1. The maximum atomic E-state index is 11.7. The number of rotatable bonds is 8. The van der Waals surface area contributed by atoms with Crippen LogP contribution in [0.15, 0.2) is 47.5 Å². The molecule has 0 aliphatic carbocycles. The van der Waals surface area contributed by atoms with E-state index in [9.17, 15) is 4.79 Å². The van der Waals surface area contributed by atoms with Crippen LogP contribution in [0.1, 0.15) is 27.0 Å².